The number of hydrogen-bond acceptors (Lipinski definition) is 2. The van der Waals surface area contributed by atoms with Crippen LogP contribution in [0.15, 0.2) is 66.9 Å². The first-order valence-corrected chi connectivity index (χ1v) is 13.1. The molecule has 0 bridgehead atoms. The molecule has 0 amide bonds. The topological polar surface area (TPSA) is 37.5 Å². The van der Waals surface area contributed by atoms with Gasteiger partial charge in [0.05, 0.1) is 11.3 Å². The zero-order chi connectivity index (χ0) is 25.8. The molecule has 1 atom stereocenters. The normalized spacial score (nSPS) is 12.1. The van der Waals surface area contributed by atoms with E-state index in [1.54, 1.807) is 6.92 Å². The number of aliphatic hydroxyl groups excluding tert-OH is 1. The minimum absolute atomic E-state index is 0. The van der Waals surface area contributed by atoms with Gasteiger partial charge in [-0.3, -0.25) is 4.98 Å². The quantitative estimate of drug-likeness (QED) is 0.147. The van der Waals surface area contributed by atoms with Crippen molar-refractivity contribution < 1.29 is 25.2 Å². The summed E-state index contributed by atoms with van der Waals surface area (Å²) in [6.07, 6.45) is 4.58. The van der Waals surface area contributed by atoms with Crippen LogP contribution in [0.1, 0.15) is 52.2 Å². The zero-order valence-corrected chi connectivity index (χ0v) is 25.0. The number of aromatic nitrogens is 2. The molecule has 0 aliphatic rings. The number of para-hydroxylation sites is 1. The monoisotopic (exact) mass is 671 g/mol. The smallest absolute Gasteiger partial charge is 0.0639 e. The van der Waals surface area contributed by atoms with E-state index in [0.717, 1.165) is 23.9 Å². The Labute approximate surface area is 235 Å². The van der Waals surface area contributed by atoms with E-state index in [4.69, 9.17) is 10.1 Å². The van der Waals surface area contributed by atoms with E-state index < -0.39 is 0 Å². The van der Waals surface area contributed by atoms with Crippen molar-refractivity contribution in [2.45, 2.75) is 60.0 Å². The molecule has 37 heavy (non-hydrogen) atoms. The Morgan fingerprint density at radius 3 is 2.05 bits per heavy atom. The molecule has 197 valence electrons. The van der Waals surface area contributed by atoms with E-state index in [2.05, 4.69) is 106 Å². The molecule has 5 rings (SSSR count). The molecule has 3 aromatic carbocycles. The van der Waals surface area contributed by atoms with Crippen LogP contribution in [-0.4, -0.2) is 20.6 Å². The molecule has 0 fully saturated rings. The first kappa shape index (κ1) is 29.0. The van der Waals surface area contributed by atoms with Crippen LogP contribution in [-0.2, 0) is 32.9 Å². The van der Waals surface area contributed by atoms with Gasteiger partial charge in [-0.05, 0) is 54.2 Å². The fourth-order valence-electron chi connectivity index (χ4n) is 4.89. The van der Waals surface area contributed by atoms with Crippen molar-refractivity contribution in [3.63, 3.8) is 0 Å². The molecule has 1 N–H and O–H groups in total. The van der Waals surface area contributed by atoms with Crippen molar-refractivity contribution in [2.75, 3.05) is 0 Å². The number of rotatable bonds is 6. The summed E-state index contributed by atoms with van der Waals surface area (Å²) >= 11 is 0. The van der Waals surface area contributed by atoms with Crippen molar-refractivity contribution >= 4 is 27.3 Å². The number of fused-ring (bicyclic) bond motifs is 6. The molecule has 5 aromatic rings. The van der Waals surface area contributed by atoms with Crippen LogP contribution >= 0.6 is 0 Å². The Hall–Kier alpha value is -2.52. The largest absolute Gasteiger partial charge is 0.396 e. The summed E-state index contributed by atoms with van der Waals surface area (Å²) in [5, 5.41) is 11.8. The summed E-state index contributed by atoms with van der Waals surface area (Å²) < 4.78 is 2.36. The number of benzene rings is 3. The predicted octanol–water partition coefficient (Wildman–Crippen LogP) is 8.09. The summed E-state index contributed by atoms with van der Waals surface area (Å²) in [4.78, 5) is 4.95. The van der Waals surface area contributed by atoms with Crippen molar-refractivity contribution in [3.05, 3.63) is 91.0 Å². The average molecular weight is 671 g/mol. The maximum Gasteiger partial charge on any atom is 0.0639 e. The summed E-state index contributed by atoms with van der Waals surface area (Å²) in [6, 6.07) is 25.2. The maximum absolute atomic E-state index is 8.30. The van der Waals surface area contributed by atoms with Gasteiger partial charge in [0.1, 0.15) is 0 Å². The van der Waals surface area contributed by atoms with Crippen molar-refractivity contribution in [1.82, 2.24) is 9.38 Å². The van der Waals surface area contributed by atoms with Crippen LogP contribution < -0.4 is 0 Å². The molecular formula is C33H38IrN2O-2. The van der Waals surface area contributed by atoms with Gasteiger partial charge in [0.15, 0.2) is 0 Å². The first-order chi connectivity index (χ1) is 17.3. The molecule has 4 heteroatoms. The van der Waals surface area contributed by atoms with Gasteiger partial charge < -0.3 is 16.4 Å². The average Bonchev–Trinajstić information content (AvgIpc) is 3.29. The second kappa shape index (κ2) is 12.8. The van der Waals surface area contributed by atoms with Gasteiger partial charge in [-0.25, -0.2) is 0 Å². The van der Waals surface area contributed by atoms with Gasteiger partial charge in [0.2, 0.25) is 0 Å². The van der Waals surface area contributed by atoms with Crippen LogP contribution in [0.25, 0.3) is 38.6 Å². The van der Waals surface area contributed by atoms with Crippen molar-refractivity contribution in [2.24, 2.45) is 11.8 Å². The fourth-order valence-corrected chi connectivity index (χ4v) is 4.89. The Kier molecular flexibility index (Phi) is 10.1. The third kappa shape index (κ3) is 6.32. The second-order valence-corrected chi connectivity index (χ2v) is 10.6. The van der Waals surface area contributed by atoms with E-state index in [9.17, 15) is 0 Å². The zero-order valence-electron chi connectivity index (χ0n) is 22.6. The summed E-state index contributed by atoms with van der Waals surface area (Å²) in [5.74, 6) is 1.19. The summed E-state index contributed by atoms with van der Waals surface area (Å²) in [7, 11) is 0. The molecule has 0 aliphatic heterocycles. The minimum atomic E-state index is -0.227. The van der Waals surface area contributed by atoms with Gasteiger partial charge in [-0.1, -0.05) is 69.5 Å². The molecule has 1 radical (unpaired) electrons. The molecule has 2 aromatic heterocycles. The minimum Gasteiger partial charge on any atom is -0.396 e. The third-order valence-corrected chi connectivity index (χ3v) is 6.44. The SMILES string of the molecule is CC(C)Cc1cccc(CC(C)C)c1-c1cnc2c3[c-]cccc3c3ccccc3n12.[CH2-]CC(C)O.[Ir]. The van der Waals surface area contributed by atoms with Crippen molar-refractivity contribution in [1.29, 1.82) is 0 Å². The Bertz CT molecular complexity index is 1440. The number of aliphatic hydroxyl groups is 1. The van der Waals surface area contributed by atoms with Crippen LogP contribution in [0.4, 0.5) is 0 Å². The van der Waals surface area contributed by atoms with Crippen molar-refractivity contribution in [3.8, 4) is 11.3 Å². The molecule has 0 aliphatic carbocycles. The third-order valence-electron chi connectivity index (χ3n) is 6.44. The van der Waals surface area contributed by atoms with Crippen LogP contribution in [0.2, 0.25) is 0 Å². The number of pyridine rings is 1. The molecular weight excluding hydrogens is 633 g/mol. The van der Waals surface area contributed by atoms with Gasteiger partial charge in [0, 0.05) is 43.5 Å². The maximum atomic E-state index is 8.30. The van der Waals surface area contributed by atoms with E-state index in [0.29, 0.717) is 18.3 Å². The van der Waals surface area contributed by atoms with Gasteiger partial charge in [0.25, 0.3) is 0 Å². The molecule has 3 nitrogen and oxygen atoms in total. The second-order valence-electron chi connectivity index (χ2n) is 10.6. The van der Waals surface area contributed by atoms with Crippen LogP contribution in [0, 0.1) is 24.8 Å². The number of nitrogens with zero attached hydrogens (tertiary/aromatic N) is 2. The Morgan fingerprint density at radius 2 is 1.46 bits per heavy atom. The molecule has 0 saturated carbocycles. The van der Waals surface area contributed by atoms with Gasteiger partial charge in [-0.2, -0.15) is 6.42 Å². The molecule has 0 saturated heterocycles. The summed E-state index contributed by atoms with van der Waals surface area (Å²) in [5.41, 5.74) is 7.56. The molecule has 0 spiro atoms. The number of hydrogen-bond donors (Lipinski definition) is 1. The van der Waals surface area contributed by atoms with E-state index in [-0.39, 0.29) is 26.2 Å². The van der Waals surface area contributed by atoms with E-state index >= 15 is 0 Å². The van der Waals surface area contributed by atoms with Crippen LogP contribution in [0.5, 0.6) is 0 Å². The van der Waals surface area contributed by atoms with Crippen LogP contribution in [0.3, 0.4) is 0 Å². The van der Waals surface area contributed by atoms with E-state index in [1.807, 2.05) is 6.07 Å². The number of imidazole rings is 1. The first-order valence-electron chi connectivity index (χ1n) is 13.1. The predicted molar refractivity (Wildman–Crippen MR) is 153 cm³/mol. The Morgan fingerprint density at radius 1 is 0.865 bits per heavy atom. The summed E-state index contributed by atoms with van der Waals surface area (Å²) in [6.45, 7) is 14.3. The molecule has 1 unspecified atom stereocenters. The fraction of sp³-hybridized carbons (Fsp3) is 0.333. The van der Waals surface area contributed by atoms with Gasteiger partial charge >= 0.3 is 0 Å². The Balaban J connectivity index is 0.000000581. The van der Waals surface area contributed by atoms with E-state index in [1.165, 1.54) is 38.7 Å². The molecule has 2 heterocycles. The standard InChI is InChI=1S/C29H29N2.C4H9O.Ir/c1-19(2)16-21-10-9-11-22(17-20(3)4)28(21)27-18-30-29-25-14-6-5-12-23(25)24-13-7-8-15-26(24)31(27)29;1-3-4(2)5;/h5-13,15,18-20H,16-17H2,1-4H3;4-5H,1,3H2,2H3;/q2*-1;. The van der Waals surface area contributed by atoms with Gasteiger partial charge in [-0.15, -0.1) is 29.7 Å².